The second-order valence-corrected chi connectivity index (χ2v) is 8.44. The molecule has 0 unspecified atom stereocenters. The van der Waals surface area contributed by atoms with Gasteiger partial charge in [0.15, 0.2) is 0 Å². The van der Waals surface area contributed by atoms with Crippen LogP contribution in [0.1, 0.15) is 103 Å². The van der Waals surface area contributed by atoms with Crippen molar-refractivity contribution < 1.29 is 0 Å². The van der Waals surface area contributed by atoms with Crippen LogP contribution in [0.2, 0.25) is 0 Å². The molecule has 1 aromatic carbocycles. The minimum atomic E-state index is 0.428. The van der Waals surface area contributed by atoms with Gasteiger partial charge >= 0.3 is 0 Å². The first-order valence-electron chi connectivity index (χ1n) is 13.5. The summed E-state index contributed by atoms with van der Waals surface area (Å²) in [6, 6.07) is 9.78. The van der Waals surface area contributed by atoms with Crippen LogP contribution < -0.4 is 16.8 Å². The SMILES string of the molecule is C=C(NC)c1cccc(CN)c1N=C(C)N.C=C1c2cccnc21.CC.CC.CCC1(CC)CCC1. The fraction of sp³-hybridized carbons (Fsp3) is 0.484. The summed E-state index contributed by atoms with van der Waals surface area (Å²) < 4.78 is 0. The third kappa shape index (κ3) is 9.62. The summed E-state index contributed by atoms with van der Waals surface area (Å²) in [7, 11) is 1.82. The molecular weight excluding hydrogens is 442 g/mol. The van der Waals surface area contributed by atoms with Crippen molar-refractivity contribution in [1.82, 2.24) is 10.3 Å². The van der Waals surface area contributed by atoms with E-state index in [1.807, 2.05) is 65.1 Å². The molecule has 5 heteroatoms. The van der Waals surface area contributed by atoms with E-state index in [0.717, 1.165) is 39.2 Å². The largest absolute Gasteiger partial charge is 0.388 e. The van der Waals surface area contributed by atoms with Gasteiger partial charge in [-0.3, -0.25) is 4.98 Å². The highest BCUT2D eigenvalue weighted by Gasteiger charge is 2.32. The van der Waals surface area contributed by atoms with Gasteiger partial charge in [-0.15, -0.1) is 0 Å². The number of pyridine rings is 1. The number of hydrogen-bond donors (Lipinski definition) is 3. The number of nitrogens with two attached hydrogens (primary N) is 2. The van der Waals surface area contributed by atoms with Gasteiger partial charge in [-0.1, -0.05) is 98.2 Å². The van der Waals surface area contributed by atoms with Gasteiger partial charge in [0.2, 0.25) is 0 Å². The molecule has 1 aromatic heterocycles. The number of aromatic nitrogens is 1. The van der Waals surface area contributed by atoms with Gasteiger partial charge in [0, 0.05) is 42.2 Å². The number of rotatable bonds is 6. The van der Waals surface area contributed by atoms with E-state index in [-0.39, 0.29) is 0 Å². The molecule has 1 fully saturated rings. The number of hydrogen-bond acceptors (Lipinski definition) is 4. The monoisotopic (exact) mass is 493 g/mol. The molecule has 5 nitrogen and oxygen atoms in total. The van der Waals surface area contributed by atoms with Crippen molar-refractivity contribution >= 4 is 22.8 Å². The molecule has 0 radical (unpaired) electrons. The van der Waals surface area contributed by atoms with Gasteiger partial charge in [-0.05, 0) is 36.8 Å². The average Bonchev–Trinajstić information content (AvgIpc) is 3.56. The number of benzene rings is 1. The summed E-state index contributed by atoms with van der Waals surface area (Å²) in [4.78, 5) is 8.37. The Morgan fingerprint density at radius 1 is 1.08 bits per heavy atom. The Balaban J connectivity index is 0.000000513. The summed E-state index contributed by atoms with van der Waals surface area (Å²) in [6.07, 6.45) is 9.09. The van der Waals surface area contributed by atoms with E-state index in [9.17, 15) is 0 Å². The maximum absolute atomic E-state index is 5.68. The Labute approximate surface area is 221 Å². The van der Waals surface area contributed by atoms with Crippen LogP contribution in [0.4, 0.5) is 5.69 Å². The topological polar surface area (TPSA) is 89.3 Å². The zero-order valence-corrected chi connectivity index (χ0v) is 24.2. The minimum Gasteiger partial charge on any atom is -0.388 e. The van der Waals surface area contributed by atoms with Gasteiger partial charge in [-0.2, -0.15) is 0 Å². The Bertz CT molecular complexity index is 928. The van der Waals surface area contributed by atoms with E-state index in [1.54, 1.807) is 13.1 Å². The van der Waals surface area contributed by atoms with Gasteiger partial charge < -0.3 is 16.8 Å². The van der Waals surface area contributed by atoms with Crippen LogP contribution in [-0.4, -0.2) is 17.9 Å². The van der Waals surface area contributed by atoms with Crippen LogP contribution in [0.3, 0.4) is 0 Å². The Morgan fingerprint density at radius 2 is 1.69 bits per heavy atom. The molecule has 2 aliphatic carbocycles. The van der Waals surface area contributed by atoms with Crippen molar-refractivity contribution in [2.75, 3.05) is 7.05 Å². The molecule has 5 N–H and O–H groups in total. The van der Waals surface area contributed by atoms with Crippen molar-refractivity contribution in [3.8, 4) is 0 Å². The van der Waals surface area contributed by atoms with E-state index in [2.05, 4.69) is 42.3 Å². The molecule has 2 aliphatic rings. The quantitative estimate of drug-likeness (QED) is 0.241. The molecule has 36 heavy (non-hydrogen) atoms. The van der Waals surface area contributed by atoms with E-state index < -0.39 is 0 Å². The van der Waals surface area contributed by atoms with Crippen molar-refractivity contribution in [2.24, 2.45) is 21.9 Å². The number of nitrogens with one attached hydrogen (secondary N) is 1. The summed E-state index contributed by atoms with van der Waals surface area (Å²) in [6.45, 7) is 22.5. The lowest BCUT2D eigenvalue weighted by Crippen LogP contribution is -2.27. The highest BCUT2D eigenvalue weighted by molar-refractivity contribution is 5.96. The first-order valence-corrected chi connectivity index (χ1v) is 13.5. The molecule has 0 aliphatic heterocycles. The molecule has 0 atom stereocenters. The van der Waals surface area contributed by atoms with E-state index in [0.29, 0.717) is 12.4 Å². The zero-order chi connectivity index (χ0) is 27.7. The fourth-order valence-electron chi connectivity index (χ4n) is 3.89. The van der Waals surface area contributed by atoms with Crippen LogP contribution in [0, 0.1) is 5.41 Å². The lowest BCUT2D eigenvalue weighted by Gasteiger charge is -2.40. The molecule has 0 bridgehead atoms. The zero-order valence-electron chi connectivity index (χ0n) is 24.2. The van der Waals surface area contributed by atoms with Crippen LogP contribution in [0.15, 0.2) is 54.7 Å². The third-order valence-electron chi connectivity index (χ3n) is 6.52. The van der Waals surface area contributed by atoms with Gasteiger partial charge in [0.25, 0.3) is 0 Å². The number of amidine groups is 1. The molecule has 0 saturated heterocycles. The van der Waals surface area contributed by atoms with Gasteiger partial charge in [0.05, 0.1) is 17.2 Å². The second-order valence-electron chi connectivity index (χ2n) is 8.44. The number of nitrogens with zero attached hydrogens (tertiary/aromatic N) is 2. The van der Waals surface area contributed by atoms with Crippen molar-refractivity contribution in [3.63, 3.8) is 0 Å². The van der Waals surface area contributed by atoms with E-state index in [1.165, 1.54) is 37.7 Å². The molecule has 1 saturated carbocycles. The maximum atomic E-state index is 5.68. The van der Waals surface area contributed by atoms with Crippen LogP contribution >= 0.6 is 0 Å². The predicted octanol–water partition coefficient (Wildman–Crippen LogP) is 7.83. The minimum absolute atomic E-state index is 0.428. The van der Waals surface area contributed by atoms with Crippen molar-refractivity contribution in [3.05, 3.63) is 72.1 Å². The van der Waals surface area contributed by atoms with Crippen LogP contribution in [0.5, 0.6) is 0 Å². The fourth-order valence-corrected chi connectivity index (χ4v) is 3.89. The summed E-state index contributed by atoms with van der Waals surface area (Å²) in [5.74, 6) is 0.506. The highest BCUT2D eigenvalue weighted by atomic mass is 14.9. The number of para-hydroxylation sites is 1. The third-order valence-corrected chi connectivity index (χ3v) is 6.52. The summed E-state index contributed by atoms with van der Waals surface area (Å²) in [5.41, 5.74) is 19.0. The first-order chi connectivity index (χ1) is 17.3. The van der Waals surface area contributed by atoms with E-state index in [4.69, 9.17) is 11.5 Å². The van der Waals surface area contributed by atoms with Gasteiger partial charge in [0.1, 0.15) is 0 Å². The van der Waals surface area contributed by atoms with E-state index >= 15 is 0 Å². The number of fused-ring (bicyclic) bond motifs is 1. The summed E-state index contributed by atoms with van der Waals surface area (Å²) in [5, 5.41) is 3.00. The van der Waals surface area contributed by atoms with Crippen molar-refractivity contribution in [2.45, 2.75) is 87.1 Å². The number of aliphatic imine (C=N–C) groups is 1. The Morgan fingerprint density at radius 3 is 2.03 bits per heavy atom. The molecule has 1 heterocycles. The lowest BCUT2D eigenvalue weighted by molar-refractivity contribution is 0.121. The molecule has 200 valence electrons. The smallest absolute Gasteiger partial charge is 0.0965 e. The predicted molar refractivity (Wildman–Crippen MR) is 161 cm³/mol. The molecular formula is C31H51N5. The average molecular weight is 494 g/mol. The first kappa shape index (κ1) is 33.1. The highest BCUT2D eigenvalue weighted by Crippen LogP contribution is 2.46. The molecule has 2 aromatic rings. The molecule has 0 spiro atoms. The Hall–Kier alpha value is -2.92. The standard InChI is InChI=1S/C12H18N4.C8H16.C7H5N.2C2H6/c1-8(15-3)11-6-4-5-10(7-13)12(11)16-9(2)14;1-3-8(4-2)6-5-7-8;1-5-6-3-2-4-8-7(5)6;2*1-2/h4-6,15H,1,7,13H2,2-3H3,(H2,14,16);3-7H2,1-2H3;2-4H,1H2;2*1-2H3. The molecule has 0 amide bonds. The van der Waals surface area contributed by atoms with Crippen LogP contribution in [0.25, 0.3) is 11.3 Å². The Kier molecular flexibility index (Phi) is 16.1. The second kappa shape index (κ2) is 17.5. The maximum Gasteiger partial charge on any atom is 0.0965 e. The lowest BCUT2D eigenvalue weighted by atomic mass is 9.65. The van der Waals surface area contributed by atoms with Gasteiger partial charge in [-0.25, -0.2) is 4.99 Å². The van der Waals surface area contributed by atoms with Crippen LogP contribution in [-0.2, 0) is 6.54 Å². The molecule has 4 rings (SSSR count). The summed E-state index contributed by atoms with van der Waals surface area (Å²) >= 11 is 0. The van der Waals surface area contributed by atoms with Crippen molar-refractivity contribution in [1.29, 1.82) is 0 Å². The normalized spacial score (nSPS) is 13.8.